The van der Waals surface area contributed by atoms with Gasteiger partial charge in [0.15, 0.2) is 0 Å². The summed E-state index contributed by atoms with van der Waals surface area (Å²) in [4.78, 5) is 0. The van der Waals surface area contributed by atoms with Crippen LogP contribution in [0.1, 0.15) is 97.8 Å². The van der Waals surface area contributed by atoms with Crippen LogP contribution in [0, 0.1) is 28.6 Å². The van der Waals surface area contributed by atoms with Crippen molar-refractivity contribution in [3.8, 4) is 0 Å². The van der Waals surface area contributed by atoms with Crippen LogP contribution in [0.3, 0.4) is 0 Å². The Bertz CT molecular complexity index is 557. The molecule has 4 rings (SSSR count). The first-order chi connectivity index (χ1) is 13.0. The molecule has 4 aliphatic carbocycles. The maximum absolute atomic E-state index is 10.2. The highest BCUT2D eigenvalue weighted by Gasteiger charge is 2.58. The lowest BCUT2D eigenvalue weighted by Crippen LogP contribution is -2.53. The number of fused-ring (bicyclic) bond motifs is 5. The summed E-state index contributed by atoms with van der Waals surface area (Å²) in [5.41, 5.74) is 2.51. The zero-order valence-electron chi connectivity index (χ0n) is 18.1. The predicted octanol–water partition coefficient (Wildman–Crippen LogP) is 5.85. The van der Waals surface area contributed by atoms with Crippen molar-refractivity contribution in [2.24, 2.45) is 28.6 Å². The Hall–Kier alpha value is -0.340. The van der Waals surface area contributed by atoms with Gasteiger partial charge in [0.1, 0.15) is 0 Å². The van der Waals surface area contributed by atoms with Crippen molar-refractivity contribution < 1.29 is 5.11 Å². The number of rotatable bonds is 6. The predicted molar refractivity (Wildman–Crippen MR) is 114 cm³/mol. The second-order valence-electron chi connectivity index (χ2n) is 10.8. The summed E-state index contributed by atoms with van der Waals surface area (Å²) in [7, 11) is 0. The van der Waals surface area contributed by atoms with Crippen LogP contribution < -0.4 is 5.32 Å². The van der Waals surface area contributed by atoms with Crippen LogP contribution in [0.4, 0.5) is 0 Å². The SMILES string of the molecule is CCCCCCN[C@H]1CCC2C3CC=C4C[C@@H](O)CC[C@]4(C)C3CC[C@@]21C. The minimum absolute atomic E-state index is 0.0810. The van der Waals surface area contributed by atoms with E-state index in [-0.39, 0.29) is 6.10 Å². The number of nitrogens with one attached hydrogen (secondary N) is 1. The summed E-state index contributed by atoms with van der Waals surface area (Å²) in [6, 6.07) is 0.747. The Morgan fingerprint density at radius 1 is 1.04 bits per heavy atom. The third kappa shape index (κ3) is 3.44. The number of unbranched alkanes of at least 4 members (excludes halogenated alkanes) is 3. The zero-order valence-corrected chi connectivity index (χ0v) is 18.1. The van der Waals surface area contributed by atoms with Gasteiger partial charge in [-0.05, 0) is 92.9 Å². The van der Waals surface area contributed by atoms with Crippen molar-refractivity contribution in [2.45, 2.75) is 110 Å². The first-order valence-corrected chi connectivity index (χ1v) is 12.1. The summed E-state index contributed by atoms with van der Waals surface area (Å²) in [5, 5.41) is 14.2. The third-order valence-corrected chi connectivity index (χ3v) is 9.50. The van der Waals surface area contributed by atoms with Crippen molar-refractivity contribution in [3.63, 3.8) is 0 Å². The van der Waals surface area contributed by atoms with Crippen molar-refractivity contribution in [3.05, 3.63) is 11.6 Å². The van der Waals surface area contributed by atoms with Crippen molar-refractivity contribution in [1.82, 2.24) is 5.32 Å². The number of hydrogen-bond acceptors (Lipinski definition) is 2. The fourth-order valence-corrected chi connectivity index (χ4v) is 7.81. The average molecular weight is 374 g/mol. The van der Waals surface area contributed by atoms with E-state index in [2.05, 4.69) is 32.2 Å². The number of hydrogen-bond donors (Lipinski definition) is 2. The minimum atomic E-state index is -0.0810. The Morgan fingerprint density at radius 3 is 2.70 bits per heavy atom. The molecular formula is C25H43NO. The molecule has 2 N–H and O–H groups in total. The molecule has 0 aromatic heterocycles. The fourth-order valence-electron chi connectivity index (χ4n) is 7.81. The standard InChI is InChI=1S/C25H43NO/c1-4-5-6-7-16-26-23-11-10-21-20-9-8-18-17-19(27)12-14-24(18,2)22(20)13-15-25(21,23)3/h8,19-23,26-27H,4-7,9-17H2,1-3H3/t19-,20?,21?,22?,23-,24-,25-/m0/s1. The maximum atomic E-state index is 10.2. The minimum Gasteiger partial charge on any atom is -0.393 e. The molecule has 0 heterocycles. The molecule has 0 bridgehead atoms. The largest absolute Gasteiger partial charge is 0.393 e. The molecular weight excluding hydrogens is 330 g/mol. The van der Waals surface area contributed by atoms with Crippen molar-refractivity contribution >= 4 is 0 Å². The molecule has 3 saturated carbocycles. The van der Waals surface area contributed by atoms with Crippen LogP contribution in [0.2, 0.25) is 0 Å². The molecule has 0 aromatic rings. The lowest BCUT2D eigenvalue weighted by Gasteiger charge is -2.58. The summed E-state index contributed by atoms with van der Waals surface area (Å²) in [6.07, 6.45) is 18.1. The van der Waals surface area contributed by atoms with Crippen LogP contribution in [-0.4, -0.2) is 23.8 Å². The summed E-state index contributed by atoms with van der Waals surface area (Å²) in [6.45, 7) is 8.69. The summed E-state index contributed by atoms with van der Waals surface area (Å²) in [5.74, 6) is 2.66. The van der Waals surface area contributed by atoms with Crippen LogP contribution in [-0.2, 0) is 0 Å². The molecule has 0 amide bonds. The van der Waals surface area contributed by atoms with Gasteiger partial charge in [-0.3, -0.25) is 0 Å². The van der Waals surface area contributed by atoms with Gasteiger partial charge in [-0.2, -0.15) is 0 Å². The Morgan fingerprint density at radius 2 is 1.89 bits per heavy atom. The monoisotopic (exact) mass is 373 g/mol. The number of allylic oxidation sites excluding steroid dienone is 1. The Balaban J connectivity index is 1.44. The van der Waals surface area contributed by atoms with E-state index in [4.69, 9.17) is 0 Å². The van der Waals surface area contributed by atoms with Gasteiger partial charge < -0.3 is 10.4 Å². The number of aliphatic hydroxyl groups excluding tert-OH is 1. The fraction of sp³-hybridized carbons (Fsp3) is 0.920. The molecule has 27 heavy (non-hydrogen) atoms. The highest BCUT2D eigenvalue weighted by atomic mass is 16.3. The van der Waals surface area contributed by atoms with Crippen LogP contribution >= 0.6 is 0 Å². The maximum Gasteiger partial charge on any atom is 0.0577 e. The van der Waals surface area contributed by atoms with Crippen molar-refractivity contribution in [2.75, 3.05) is 6.54 Å². The van der Waals surface area contributed by atoms with E-state index in [9.17, 15) is 5.11 Å². The van der Waals surface area contributed by atoms with Gasteiger partial charge >= 0.3 is 0 Å². The first kappa shape index (κ1) is 20.0. The van der Waals surface area contributed by atoms with Crippen LogP contribution in [0.25, 0.3) is 0 Å². The molecule has 154 valence electrons. The highest BCUT2D eigenvalue weighted by molar-refractivity contribution is 5.25. The van der Waals surface area contributed by atoms with Gasteiger partial charge in [0.05, 0.1) is 6.10 Å². The smallest absolute Gasteiger partial charge is 0.0577 e. The first-order valence-electron chi connectivity index (χ1n) is 12.1. The van der Waals surface area contributed by atoms with E-state index < -0.39 is 0 Å². The average Bonchev–Trinajstić information content (AvgIpc) is 2.99. The topological polar surface area (TPSA) is 32.3 Å². The molecule has 7 atom stereocenters. The summed E-state index contributed by atoms with van der Waals surface area (Å²) >= 11 is 0. The molecule has 0 saturated heterocycles. The van der Waals surface area contributed by atoms with Gasteiger partial charge in [-0.25, -0.2) is 0 Å². The van der Waals surface area contributed by atoms with Crippen molar-refractivity contribution in [1.29, 1.82) is 0 Å². The molecule has 4 aliphatic rings. The molecule has 2 heteroatoms. The van der Waals surface area contributed by atoms with Gasteiger partial charge in [-0.15, -0.1) is 0 Å². The van der Waals surface area contributed by atoms with Crippen LogP contribution in [0.5, 0.6) is 0 Å². The molecule has 0 radical (unpaired) electrons. The molecule has 3 unspecified atom stereocenters. The highest BCUT2D eigenvalue weighted by Crippen LogP contribution is 2.64. The van der Waals surface area contributed by atoms with E-state index in [1.807, 2.05) is 0 Å². The lowest BCUT2D eigenvalue weighted by molar-refractivity contribution is -0.0433. The van der Waals surface area contributed by atoms with E-state index >= 15 is 0 Å². The van der Waals surface area contributed by atoms with Gasteiger partial charge in [0.25, 0.3) is 0 Å². The summed E-state index contributed by atoms with van der Waals surface area (Å²) < 4.78 is 0. The van der Waals surface area contributed by atoms with E-state index in [0.29, 0.717) is 10.8 Å². The van der Waals surface area contributed by atoms with Gasteiger partial charge in [0, 0.05) is 6.04 Å². The Kier molecular flexibility index (Phi) is 5.78. The normalized spacial score (nSPS) is 46.4. The molecule has 0 spiro atoms. The van der Waals surface area contributed by atoms with Gasteiger partial charge in [0.2, 0.25) is 0 Å². The Labute approximate surface area is 167 Å². The molecule has 3 fully saturated rings. The van der Waals surface area contributed by atoms with E-state index in [0.717, 1.165) is 36.6 Å². The molecule has 0 aliphatic heterocycles. The van der Waals surface area contributed by atoms with Crippen LogP contribution in [0.15, 0.2) is 11.6 Å². The zero-order chi connectivity index (χ0) is 19.1. The molecule has 2 nitrogen and oxygen atoms in total. The second kappa shape index (κ2) is 7.82. The molecule has 0 aromatic carbocycles. The second-order valence-corrected chi connectivity index (χ2v) is 10.8. The third-order valence-electron chi connectivity index (χ3n) is 9.50. The number of aliphatic hydroxyl groups is 1. The van der Waals surface area contributed by atoms with E-state index in [1.54, 1.807) is 5.57 Å². The van der Waals surface area contributed by atoms with E-state index in [1.165, 1.54) is 70.8 Å². The quantitative estimate of drug-likeness (QED) is 0.452. The lowest BCUT2D eigenvalue weighted by atomic mass is 9.48. The van der Waals surface area contributed by atoms with Gasteiger partial charge in [-0.1, -0.05) is 51.7 Å².